The maximum absolute atomic E-state index is 12.0. The van der Waals surface area contributed by atoms with Crippen LogP contribution in [0.15, 0.2) is 0 Å². The number of hydrogen-bond acceptors (Lipinski definition) is 4. The average molecular weight is 241 g/mol. The Bertz CT molecular complexity index is 251. The van der Waals surface area contributed by atoms with E-state index in [9.17, 15) is 9.90 Å². The second-order valence-electron chi connectivity index (χ2n) is 5.22. The Morgan fingerprint density at radius 2 is 1.82 bits per heavy atom. The van der Waals surface area contributed by atoms with Crippen LogP contribution in [0.4, 0.5) is 0 Å². The van der Waals surface area contributed by atoms with Crippen molar-refractivity contribution in [3.8, 4) is 0 Å². The van der Waals surface area contributed by atoms with Gasteiger partial charge < -0.3 is 9.94 Å². The summed E-state index contributed by atoms with van der Waals surface area (Å²) >= 11 is 0. The van der Waals surface area contributed by atoms with Crippen LogP contribution in [-0.2, 0) is 9.63 Å². The molecule has 1 saturated carbocycles. The molecule has 1 atom stereocenters. The molecule has 0 aromatic rings. The van der Waals surface area contributed by atoms with Crippen LogP contribution in [0.1, 0.15) is 51.4 Å². The van der Waals surface area contributed by atoms with Crippen molar-refractivity contribution in [2.75, 3.05) is 13.2 Å². The maximum atomic E-state index is 12.0. The highest BCUT2D eigenvalue weighted by molar-refractivity contribution is 5.72. The third kappa shape index (κ3) is 3.42. The molecule has 4 heteroatoms. The van der Waals surface area contributed by atoms with E-state index in [4.69, 9.17) is 4.84 Å². The van der Waals surface area contributed by atoms with Crippen LogP contribution in [-0.4, -0.2) is 35.3 Å². The predicted octanol–water partition coefficient (Wildman–Crippen LogP) is 1.87. The van der Waals surface area contributed by atoms with Crippen LogP contribution >= 0.6 is 0 Å². The highest BCUT2D eigenvalue weighted by atomic mass is 16.7. The van der Waals surface area contributed by atoms with Crippen molar-refractivity contribution >= 4 is 5.97 Å². The van der Waals surface area contributed by atoms with Crippen LogP contribution in [0.3, 0.4) is 0 Å². The summed E-state index contributed by atoms with van der Waals surface area (Å²) in [6.07, 6.45) is 8.55. The van der Waals surface area contributed by atoms with Crippen molar-refractivity contribution in [3.63, 3.8) is 0 Å². The van der Waals surface area contributed by atoms with Gasteiger partial charge in [0.2, 0.25) is 0 Å². The summed E-state index contributed by atoms with van der Waals surface area (Å²) in [5, 5.41) is 11.0. The van der Waals surface area contributed by atoms with Gasteiger partial charge in [-0.3, -0.25) is 4.79 Å². The van der Waals surface area contributed by atoms with E-state index in [1.165, 1.54) is 6.42 Å². The first-order valence-electron chi connectivity index (χ1n) is 6.90. The van der Waals surface area contributed by atoms with Gasteiger partial charge in [0.1, 0.15) is 0 Å². The van der Waals surface area contributed by atoms with Crippen molar-refractivity contribution in [3.05, 3.63) is 0 Å². The van der Waals surface area contributed by atoms with E-state index in [0.29, 0.717) is 0 Å². The van der Waals surface area contributed by atoms with Gasteiger partial charge in [-0.25, -0.2) is 0 Å². The van der Waals surface area contributed by atoms with E-state index in [-0.39, 0.29) is 24.5 Å². The summed E-state index contributed by atoms with van der Waals surface area (Å²) < 4.78 is 0. The molecule has 0 spiro atoms. The fraction of sp³-hybridized carbons (Fsp3) is 0.923. The van der Waals surface area contributed by atoms with Gasteiger partial charge in [-0.2, -0.15) is 0 Å². The smallest absolute Gasteiger partial charge is 0.328 e. The van der Waals surface area contributed by atoms with E-state index in [1.54, 1.807) is 5.06 Å². The molecule has 2 fully saturated rings. The molecule has 17 heavy (non-hydrogen) atoms. The zero-order valence-electron chi connectivity index (χ0n) is 10.4. The lowest BCUT2D eigenvalue weighted by Crippen LogP contribution is -2.44. The Kier molecular flexibility index (Phi) is 4.80. The minimum Gasteiger partial charge on any atom is -0.395 e. The van der Waals surface area contributed by atoms with Gasteiger partial charge >= 0.3 is 5.97 Å². The molecule has 98 valence electrons. The topological polar surface area (TPSA) is 49.8 Å². The standard InChI is InChI=1S/C13H23NO3/c15-10-12-8-4-5-9-14(12)17-13(16)11-6-2-1-3-7-11/h11-12,15H,1-10H2. The van der Waals surface area contributed by atoms with Crippen molar-refractivity contribution in [1.29, 1.82) is 0 Å². The average Bonchev–Trinajstić information content (AvgIpc) is 2.40. The highest BCUT2D eigenvalue weighted by Gasteiger charge is 2.29. The summed E-state index contributed by atoms with van der Waals surface area (Å²) in [5.74, 6) is 0.00932. The van der Waals surface area contributed by atoms with Gasteiger partial charge in [0.25, 0.3) is 0 Å². The Labute approximate surface area is 103 Å². The lowest BCUT2D eigenvalue weighted by molar-refractivity contribution is -0.217. The summed E-state index contributed by atoms with van der Waals surface area (Å²) in [4.78, 5) is 17.5. The molecule has 2 rings (SSSR count). The van der Waals surface area contributed by atoms with Crippen LogP contribution < -0.4 is 0 Å². The molecule has 1 saturated heterocycles. The molecule has 0 aromatic heterocycles. The molecule has 1 heterocycles. The Balaban J connectivity index is 1.83. The largest absolute Gasteiger partial charge is 0.395 e. The zero-order valence-corrected chi connectivity index (χ0v) is 10.4. The first-order chi connectivity index (χ1) is 8.31. The Hall–Kier alpha value is -0.610. The number of carbonyl (C=O) groups excluding carboxylic acids is 1. The number of piperidine rings is 1. The monoisotopic (exact) mass is 241 g/mol. The number of aliphatic hydroxyl groups is 1. The number of nitrogens with zero attached hydrogens (tertiary/aromatic N) is 1. The molecule has 1 unspecified atom stereocenters. The minimum atomic E-state index is -0.0787. The molecular weight excluding hydrogens is 218 g/mol. The molecular formula is C13H23NO3. The molecule has 2 aliphatic rings. The van der Waals surface area contributed by atoms with Gasteiger partial charge in [-0.1, -0.05) is 25.7 Å². The second-order valence-corrected chi connectivity index (χ2v) is 5.22. The highest BCUT2D eigenvalue weighted by Crippen LogP contribution is 2.26. The summed E-state index contributed by atoms with van der Waals surface area (Å²) in [6, 6.07) is 0.0105. The van der Waals surface area contributed by atoms with E-state index in [2.05, 4.69) is 0 Å². The number of aliphatic hydroxyl groups excluding tert-OH is 1. The molecule has 1 N–H and O–H groups in total. The van der Waals surface area contributed by atoms with Crippen molar-refractivity contribution in [2.45, 2.75) is 57.4 Å². The normalized spacial score (nSPS) is 27.9. The minimum absolute atomic E-state index is 0.0105. The number of carbonyl (C=O) groups is 1. The number of hydrogen-bond donors (Lipinski definition) is 1. The molecule has 0 radical (unpaired) electrons. The van der Waals surface area contributed by atoms with Gasteiger partial charge in [0, 0.05) is 6.54 Å². The Morgan fingerprint density at radius 3 is 2.53 bits per heavy atom. The van der Waals surface area contributed by atoms with Crippen molar-refractivity contribution in [1.82, 2.24) is 5.06 Å². The molecule has 1 aliphatic heterocycles. The zero-order chi connectivity index (χ0) is 12.1. The van der Waals surface area contributed by atoms with Crippen molar-refractivity contribution in [2.24, 2.45) is 5.92 Å². The van der Waals surface area contributed by atoms with Crippen LogP contribution in [0.25, 0.3) is 0 Å². The third-order valence-corrected chi connectivity index (χ3v) is 3.93. The fourth-order valence-electron chi connectivity index (χ4n) is 2.81. The molecule has 0 aromatic carbocycles. The summed E-state index contributed by atoms with van der Waals surface area (Å²) in [7, 11) is 0. The fourth-order valence-corrected chi connectivity index (χ4v) is 2.81. The van der Waals surface area contributed by atoms with E-state index < -0.39 is 0 Å². The van der Waals surface area contributed by atoms with E-state index in [0.717, 1.165) is 51.5 Å². The third-order valence-electron chi connectivity index (χ3n) is 3.93. The number of rotatable bonds is 3. The summed E-state index contributed by atoms with van der Waals surface area (Å²) in [5.41, 5.74) is 0. The lowest BCUT2D eigenvalue weighted by Gasteiger charge is -2.33. The van der Waals surface area contributed by atoms with Crippen LogP contribution in [0.2, 0.25) is 0 Å². The molecule has 0 bridgehead atoms. The maximum Gasteiger partial charge on any atom is 0.328 e. The van der Waals surface area contributed by atoms with Crippen molar-refractivity contribution < 1.29 is 14.7 Å². The molecule has 4 nitrogen and oxygen atoms in total. The SMILES string of the molecule is O=C(ON1CCCCC1CO)C1CCCCC1. The van der Waals surface area contributed by atoms with Crippen LogP contribution in [0.5, 0.6) is 0 Å². The summed E-state index contributed by atoms with van der Waals surface area (Å²) in [6.45, 7) is 0.849. The second kappa shape index (κ2) is 6.36. The molecule has 1 aliphatic carbocycles. The van der Waals surface area contributed by atoms with Crippen LogP contribution in [0, 0.1) is 5.92 Å². The Morgan fingerprint density at radius 1 is 1.12 bits per heavy atom. The number of hydroxylamine groups is 2. The van der Waals surface area contributed by atoms with Gasteiger partial charge in [0.15, 0.2) is 0 Å². The van der Waals surface area contributed by atoms with Gasteiger partial charge in [-0.05, 0) is 25.7 Å². The first-order valence-corrected chi connectivity index (χ1v) is 6.90. The lowest BCUT2D eigenvalue weighted by atomic mass is 9.89. The van der Waals surface area contributed by atoms with E-state index >= 15 is 0 Å². The van der Waals surface area contributed by atoms with Gasteiger partial charge in [-0.15, -0.1) is 5.06 Å². The van der Waals surface area contributed by atoms with Gasteiger partial charge in [0.05, 0.1) is 18.6 Å². The predicted molar refractivity (Wildman–Crippen MR) is 64.1 cm³/mol. The molecule has 0 amide bonds. The quantitative estimate of drug-likeness (QED) is 0.819. The first kappa shape index (κ1) is 12.8. The van der Waals surface area contributed by atoms with E-state index in [1.807, 2.05) is 0 Å².